The van der Waals surface area contributed by atoms with Gasteiger partial charge < -0.3 is 10.2 Å². The van der Waals surface area contributed by atoms with Gasteiger partial charge in [0.15, 0.2) is 0 Å². The highest BCUT2D eigenvalue weighted by Gasteiger charge is 2.31. The Balaban J connectivity index is 1.51. The van der Waals surface area contributed by atoms with E-state index in [4.69, 9.17) is 11.6 Å². The van der Waals surface area contributed by atoms with Crippen molar-refractivity contribution in [1.82, 2.24) is 0 Å². The van der Waals surface area contributed by atoms with Crippen LogP contribution in [0.4, 0.5) is 11.4 Å². The van der Waals surface area contributed by atoms with E-state index in [0.29, 0.717) is 21.8 Å². The number of carbonyl (C=O) groups is 2. The Morgan fingerprint density at radius 2 is 1.57 bits per heavy atom. The van der Waals surface area contributed by atoms with Crippen LogP contribution >= 0.6 is 11.6 Å². The Morgan fingerprint density at radius 3 is 2.29 bits per heavy atom. The van der Waals surface area contributed by atoms with Crippen molar-refractivity contribution in [2.75, 3.05) is 10.2 Å². The molecular weight excluding hydrogens is 372 g/mol. The highest BCUT2D eigenvalue weighted by molar-refractivity contribution is 6.30. The SMILES string of the molecule is CC1Cc2ccccc2N1C(=O)c1ccc(C(=O)Nc2ccc(Cl)cc2)cc1. The molecule has 0 radical (unpaired) electrons. The second-order valence-electron chi connectivity index (χ2n) is 6.90. The van der Waals surface area contributed by atoms with E-state index in [0.717, 1.165) is 12.1 Å². The van der Waals surface area contributed by atoms with Gasteiger partial charge in [-0.25, -0.2) is 0 Å². The molecule has 0 bridgehead atoms. The van der Waals surface area contributed by atoms with Gasteiger partial charge in [0, 0.05) is 33.6 Å². The molecule has 0 aromatic heterocycles. The minimum absolute atomic E-state index is 0.0536. The van der Waals surface area contributed by atoms with Gasteiger partial charge in [-0.2, -0.15) is 0 Å². The third kappa shape index (κ3) is 3.51. The predicted molar refractivity (Wildman–Crippen MR) is 112 cm³/mol. The van der Waals surface area contributed by atoms with E-state index >= 15 is 0 Å². The molecule has 1 aliphatic rings. The summed E-state index contributed by atoms with van der Waals surface area (Å²) >= 11 is 5.86. The second-order valence-corrected chi connectivity index (χ2v) is 7.33. The van der Waals surface area contributed by atoms with Crippen molar-refractivity contribution in [3.8, 4) is 0 Å². The van der Waals surface area contributed by atoms with Gasteiger partial charge in [0.05, 0.1) is 0 Å². The molecule has 1 unspecified atom stereocenters. The lowest BCUT2D eigenvalue weighted by atomic mass is 10.1. The molecule has 1 atom stereocenters. The van der Waals surface area contributed by atoms with Crippen LogP contribution in [0, 0.1) is 0 Å². The van der Waals surface area contributed by atoms with Crippen molar-refractivity contribution in [3.63, 3.8) is 0 Å². The Morgan fingerprint density at radius 1 is 0.929 bits per heavy atom. The molecule has 2 amide bonds. The molecule has 140 valence electrons. The fourth-order valence-corrected chi connectivity index (χ4v) is 3.64. The van der Waals surface area contributed by atoms with Crippen LogP contribution in [0.2, 0.25) is 5.02 Å². The smallest absolute Gasteiger partial charge is 0.258 e. The molecule has 3 aromatic carbocycles. The molecule has 4 nitrogen and oxygen atoms in total. The van der Waals surface area contributed by atoms with E-state index in [1.165, 1.54) is 5.56 Å². The molecule has 0 saturated heterocycles. The molecule has 0 aliphatic carbocycles. The molecule has 3 aromatic rings. The van der Waals surface area contributed by atoms with E-state index in [1.807, 2.05) is 30.0 Å². The Kier molecular flexibility index (Phi) is 4.88. The first-order chi connectivity index (χ1) is 13.5. The number of benzene rings is 3. The molecule has 4 rings (SSSR count). The zero-order chi connectivity index (χ0) is 19.7. The first-order valence-electron chi connectivity index (χ1n) is 9.11. The highest BCUT2D eigenvalue weighted by Crippen LogP contribution is 2.33. The van der Waals surface area contributed by atoms with Gasteiger partial charge in [-0.1, -0.05) is 29.8 Å². The molecule has 28 heavy (non-hydrogen) atoms. The summed E-state index contributed by atoms with van der Waals surface area (Å²) in [5.74, 6) is -0.289. The lowest BCUT2D eigenvalue weighted by molar-refractivity contribution is 0.0978. The monoisotopic (exact) mass is 390 g/mol. The molecular formula is C23H19ClN2O2. The number of carbonyl (C=O) groups excluding carboxylic acids is 2. The minimum Gasteiger partial charge on any atom is -0.322 e. The molecule has 0 spiro atoms. The molecule has 1 heterocycles. The summed E-state index contributed by atoms with van der Waals surface area (Å²) in [6.07, 6.45) is 0.851. The number of anilines is 2. The van der Waals surface area contributed by atoms with Crippen LogP contribution in [0.25, 0.3) is 0 Å². The first kappa shape index (κ1) is 18.3. The van der Waals surface area contributed by atoms with Gasteiger partial charge in [-0.05, 0) is 73.5 Å². The maximum atomic E-state index is 13.0. The third-order valence-electron chi connectivity index (χ3n) is 4.92. The normalized spacial score (nSPS) is 15.2. The van der Waals surface area contributed by atoms with Crippen LogP contribution in [0.1, 0.15) is 33.2 Å². The van der Waals surface area contributed by atoms with E-state index in [9.17, 15) is 9.59 Å². The Labute approximate surface area is 168 Å². The Bertz CT molecular complexity index is 1030. The van der Waals surface area contributed by atoms with Crippen molar-refractivity contribution in [3.05, 3.63) is 94.5 Å². The third-order valence-corrected chi connectivity index (χ3v) is 5.17. The summed E-state index contributed by atoms with van der Waals surface area (Å²) < 4.78 is 0. The summed E-state index contributed by atoms with van der Waals surface area (Å²) in [6.45, 7) is 2.05. The average Bonchev–Trinajstić information content (AvgIpc) is 3.05. The summed E-state index contributed by atoms with van der Waals surface area (Å²) in [5, 5.41) is 3.43. The van der Waals surface area contributed by atoms with Gasteiger partial charge in [0.1, 0.15) is 0 Å². The summed E-state index contributed by atoms with van der Waals surface area (Å²) in [7, 11) is 0. The largest absolute Gasteiger partial charge is 0.322 e. The molecule has 0 saturated carbocycles. The number of rotatable bonds is 3. The Hall–Kier alpha value is -3.11. The number of halogens is 1. The summed E-state index contributed by atoms with van der Waals surface area (Å²) in [5.41, 5.74) is 3.86. The zero-order valence-electron chi connectivity index (χ0n) is 15.4. The molecule has 1 N–H and O–H groups in total. The van der Waals surface area contributed by atoms with Crippen molar-refractivity contribution < 1.29 is 9.59 Å². The fraction of sp³-hybridized carbons (Fsp3) is 0.130. The lowest BCUT2D eigenvalue weighted by Crippen LogP contribution is -2.35. The lowest BCUT2D eigenvalue weighted by Gasteiger charge is -2.23. The molecule has 0 fully saturated rings. The van der Waals surface area contributed by atoms with Gasteiger partial charge in [0.25, 0.3) is 11.8 Å². The van der Waals surface area contributed by atoms with Gasteiger partial charge in [-0.3, -0.25) is 9.59 Å². The highest BCUT2D eigenvalue weighted by atomic mass is 35.5. The van der Waals surface area contributed by atoms with Crippen LogP contribution in [0.3, 0.4) is 0 Å². The van der Waals surface area contributed by atoms with Crippen LogP contribution in [-0.2, 0) is 6.42 Å². The predicted octanol–water partition coefficient (Wildman–Crippen LogP) is 5.18. The number of nitrogens with zero attached hydrogens (tertiary/aromatic N) is 1. The number of hydrogen-bond acceptors (Lipinski definition) is 2. The van der Waals surface area contributed by atoms with Gasteiger partial charge >= 0.3 is 0 Å². The summed E-state index contributed by atoms with van der Waals surface area (Å²) in [6, 6.07) is 21.7. The maximum Gasteiger partial charge on any atom is 0.258 e. The molecule has 5 heteroatoms. The van der Waals surface area contributed by atoms with E-state index in [2.05, 4.69) is 11.4 Å². The first-order valence-corrected chi connectivity index (χ1v) is 9.49. The standard InChI is InChI=1S/C23H19ClN2O2/c1-15-14-18-4-2-3-5-21(18)26(15)23(28)17-8-6-16(7-9-17)22(27)25-20-12-10-19(24)11-13-20/h2-13,15H,14H2,1H3,(H,25,27). The van der Waals surface area contributed by atoms with Crippen molar-refractivity contribution >= 4 is 34.8 Å². The van der Waals surface area contributed by atoms with Gasteiger partial charge in [-0.15, -0.1) is 0 Å². The van der Waals surface area contributed by atoms with E-state index < -0.39 is 0 Å². The van der Waals surface area contributed by atoms with E-state index in [1.54, 1.807) is 48.5 Å². The minimum atomic E-state index is -0.235. The zero-order valence-corrected chi connectivity index (χ0v) is 16.1. The maximum absolute atomic E-state index is 13.0. The van der Waals surface area contributed by atoms with Crippen LogP contribution in [0.5, 0.6) is 0 Å². The van der Waals surface area contributed by atoms with Crippen LogP contribution in [-0.4, -0.2) is 17.9 Å². The summed E-state index contributed by atoms with van der Waals surface area (Å²) in [4.78, 5) is 27.3. The number of nitrogens with one attached hydrogen (secondary N) is 1. The van der Waals surface area contributed by atoms with Crippen molar-refractivity contribution in [1.29, 1.82) is 0 Å². The molecule has 1 aliphatic heterocycles. The van der Waals surface area contributed by atoms with Gasteiger partial charge in [0.2, 0.25) is 0 Å². The number of amides is 2. The quantitative estimate of drug-likeness (QED) is 0.669. The van der Waals surface area contributed by atoms with Crippen molar-refractivity contribution in [2.24, 2.45) is 0 Å². The van der Waals surface area contributed by atoms with Crippen LogP contribution in [0.15, 0.2) is 72.8 Å². The number of fused-ring (bicyclic) bond motifs is 1. The van der Waals surface area contributed by atoms with E-state index in [-0.39, 0.29) is 17.9 Å². The second kappa shape index (κ2) is 7.49. The number of hydrogen-bond donors (Lipinski definition) is 1. The fourth-order valence-electron chi connectivity index (χ4n) is 3.51. The average molecular weight is 391 g/mol. The van der Waals surface area contributed by atoms with Crippen LogP contribution < -0.4 is 10.2 Å². The van der Waals surface area contributed by atoms with Crippen molar-refractivity contribution in [2.45, 2.75) is 19.4 Å². The topological polar surface area (TPSA) is 49.4 Å². The number of para-hydroxylation sites is 1.